The number of carbonyl (C=O) groups is 1. The Balaban J connectivity index is 1.75. The number of aliphatic hydroxyl groups is 1. The number of nitrogens with one attached hydrogen (secondary N) is 1. The Bertz CT molecular complexity index is 490. The first-order chi connectivity index (χ1) is 10.6. The molecule has 6 heteroatoms. The van der Waals surface area contributed by atoms with Gasteiger partial charge in [0.15, 0.2) is 0 Å². The molecule has 0 saturated carbocycles. The monoisotopic (exact) mass is 326 g/mol. The van der Waals surface area contributed by atoms with Gasteiger partial charge in [-0.2, -0.15) is 0 Å². The number of likely N-dealkylation sites (tertiary alicyclic amines) is 1. The molecular weight excluding hydrogens is 304 g/mol. The predicted octanol–water partition coefficient (Wildman–Crippen LogP) is 2.58. The topological polar surface area (TPSA) is 61.8 Å². The molecule has 1 fully saturated rings. The number of hydrogen-bond donors (Lipinski definition) is 2. The minimum absolute atomic E-state index is 0.239. The second-order valence-electron chi connectivity index (χ2n) is 5.41. The number of carbonyl (C=O) groups excluding carboxylic acids is 1. The van der Waals surface area contributed by atoms with Gasteiger partial charge in [-0.15, -0.1) is 0 Å². The maximum atomic E-state index is 11.6. The number of benzene rings is 1. The molecule has 1 atom stereocenters. The van der Waals surface area contributed by atoms with E-state index in [1.807, 2.05) is 25.1 Å². The number of aliphatic hydroxyl groups excluding tert-OH is 1. The van der Waals surface area contributed by atoms with Crippen LogP contribution in [-0.2, 0) is 4.74 Å². The minimum Gasteiger partial charge on any atom is -0.450 e. The van der Waals surface area contributed by atoms with Gasteiger partial charge in [-0.1, -0.05) is 29.8 Å². The SMILES string of the molecule is CCOC(=O)N1CCC(NCC(O)c2ccccc2Cl)CC1. The average Bonchev–Trinajstić information content (AvgIpc) is 2.54. The van der Waals surface area contributed by atoms with Crippen molar-refractivity contribution in [2.75, 3.05) is 26.2 Å². The molecule has 1 unspecified atom stereocenters. The highest BCUT2D eigenvalue weighted by Gasteiger charge is 2.24. The van der Waals surface area contributed by atoms with E-state index in [9.17, 15) is 9.90 Å². The fourth-order valence-electron chi connectivity index (χ4n) is 2.61. The van der Waals surface area contributed by atoms with Crippen LogP contribution in [0.4, 0.5) is 4.79 Å². The van der Waals surface area contributed by atoms with E-state index in [1.54, 1.807) is 11.0 Å². The van der Waals surface area contributed by atoms with Crippen molar-refractivity contribution in [2.24, 2.45) is 0 Å². The van der Waals surface area contributed by atoms with Crippen LogP contribution in [0.3, 0.4) is 0 Å². The molecule has 2 N–H and O–H groups in total. The van der Waals surface area contributed by atoms with Gasteiger partial charge < -0.3 is 20.1 Å². The summed E-state index contributed by atoms with van der Waals surface area (Å²) in [5.41, 5.74) is 0.737. The van der Waals surface area contributed by atoms with Crippen molar-refractivity contribution < 1.29 is 14.6 Å². The van der Waals surface area contributed by atoms with Gasteiger partial charge >= 0.3 is 6.09 Å². The number of hydrogen-bond acceptors (Lipinski definition) is 4. The van der Waals surface area contributed by atoms with Crippen LogP contribution in [0.1, 0.15) is 31.4 Å². The van der Waals surface area contributed by atoms with E-state index < -0.39 is 6.10 Å². The lowest BCUT2D eigenvalue weighted by Crippen LogP contribution is -2.45. The first kappa shape index (κ1) is 17.1. The van der Waals surface area contributed by atoms with E-state index in [0.29, 0.717) is 37.3 Å². The summed E-state index contributed by atoms with van der Waals surface area (Å²) in [5.74, 6) is 0. The number of nitrogens with zero attached hydrogens (tertiary/aromatic N) is 1. The van der Waals surface area contributed by atoms with Crippen LogP contribution < -0.4 is 5.32 Å². The summed E-state index contributed by atoms with van der Waals surface area (Å²) in [7, 11) is 0. The predicted molar refractivity (Wildman–Crippen MR) is 86.0 cm³/mol. The molecule has 1 saturated heterocycles. The Morgan fingerprint density at radius 1 is 1.45 bits per heavy atom. The van der Waals surface area contributed by atoms with Crippen molar-refractivity contribution >= 4 is 17.7 Å². The standard InChI is InChI=1S/C16H23ClN2O3/c1-2-22-16(21)19-9-7-12(8-10-19)18-11-15(20)13-5-3-4-6-14(13)17/h3-6,12,15,18,20H,2,7-11H2,1H3. The number of ether oxygens (including phenoxy) is 1. The first-order valence-corrected chi connectivity index (χ1v) is 8.07. The molecule has 122 valence electrons. The molecule has 0 aromatic heterocycles. The molecule has 0 spiro atoms. The number of halogens is 1. The molecular formula is C16H23ClN2O3. The quantitative estimate of drug-likeness (QED) is 0.873. The van der Waals surface area contributed by atoms with Crippen molar-refractivity contribution in [1.82, 2.24) is 10.2 Å². The average molecular weight is 327 g/mol. The third-order valence-corrected chi connectivity index (χ3v) is 4.23. The highest BCUT2D eigenvalue weighted by molar-refractivity contribution is 6.31. The molecule has 1 amide bonds. The van der Waals surface area contributed by atoms with Crippen molar-refractivity contribution in [1.29, 1.82) is 0 Å². The van der Waals surface area contributed by atoms with E-state index in [4.69, 9.17) is 16.3 Å². The number of rotatable bonds is 5. The Morgan fingerprint density at radius 2 is 2.14 bits per heavy atom. The van der Waals surface area contributed by atoms with Crippen LogP contribution in [0.15, 0.2) is 24.3 Å². The number of amides is 1. The smallest absolute Gasteiger partial charge is 0.409 e. The van der Waals surface area contributed by atoms with Crippen LogP contribution in [0.25, 0.3) is 0 Å². The molecule has 2 rings (SSSR count). The van der Waals surface area contributed by atoms with Crippen molar-refractivity contribution in [3.05, 3.63) is 34.9 Å². The van der Waals surface area contributed by atoms with Crippen molar-refractivity contribution in [2.45, 2.75) is 31.9 Å². The van der Waals surface area contributed by atoms with Crippen LogP contribution in [-0.4, -0.2) is 48.4 Å². The van der Waals surface area contributed by atoms with Gasteiger partial charge in [-0.05, 0) is 25.8 Å². The Labute approximate surface area is 136 Å². The lowest BCUT2D eigenvalue weighted by atomic mass is 10.0. The first-order valence-electron chi connectivity index (χ1n) is 7.69. The lowest BCUT2D eigenvalue weighted by molar-refractivity contribution is 0.0928. The minimum atomic E-state index is -0.628. The van der Waals surface area contributed by atoms with Crippen molar-refractivity contribution in [3.8, 4) is 0 Å². The maximum absolute atomic E-state index is 11.6. The largest absolute Gasteiger partial charge is 0.450 e. The summed E-state index contributed by atoms with van der Waals surface area (Å²) in [5, 5.41) is 14.1. The van der Waals surface area contributed by atoms with Gasteiger partial charge in [0.1, 0.15) is 0 Å². The van der Waals surface area contributed by atoms with Gasteiger partial charge in [0.25, 0.3) is 0 Å². The highest BCUT2D eigenvalue weighted by atomic mass is 35.5. The zero-order chi connectivity index (χ0) is 15.9. The molecule has 0 aliphatic carbocycles. The maximum Gasteiger partial charge on any atom is 0.409 e. The van der Waals surface area contributed by atoms with Crippen LogP contribution in [0.5, 0.6) is 0 Å². The fraction of sp³-hybridized carbons (Fsp3) is 0.562. The molecule has 0 radical (unpaired) electrons. The van der Waals surface area contributed by atoms with Gasteiger partial charge in [-0.3, -0.25) is 0 Å². The molecule has 1 heterocycles. The third kappa shape index (κ3) is 4.60. The van der Waals surface area contributed by atoms with Gasteiger partial charge in [-0.25, -0.2) is 4.79 Å². The lowest BCUT2D eigenvalue weighted by Gasteiger charge is -2.32. The molecule has 1 aliphatic heterocycles. The summed E-state index contributed by atoms with van der Waals surface area (Å²) in [6.45, 7) is 4.02. The van der Waals surface area contributed by atoms with E-state index in [2.05, 4.69) is 5.32 Å². The Kier molecular flexibility index (Phi) is 6.49. The van der Waals surface area contributed by atoms with Crippen molar-refractivity contribution in [3.63, 3.8) is 0 Å². The van der Waals surface area contributed by atoms with Gasteiger partial charge in [0.05, 0.1) is 12.7 Å². The highest BCUT2D eigenvalue weighted by Crippen LogP contribution is 2.22. The summed E-state index contributed by atoms with van der Waals surface area (Å²) >= 11 is 6.08. The van der Waals surface area contributed by atoms with Crippen LogP contribution >= 0.6 is 11.6 Å². The van der Waals surface area contributed by atoms with E-state index >= 15 is 0 Å². The Morgan fingerprint density at radius 3 is 2.77 bits per heavy atom. The van der Waals surface area contributed by atoms with E-state index in [-0.39, 0.29) is 6.09 Å². The van der Waals surface area contributed by atoms with Gasteiger partial charge in [0.2, 0.25) is 0 Å². The molecule has 5 nitrogen and oxygen atoms in total. The molecule has 1 aromatic carbocycles. The third-order valence-electron chi connectivity index (χ3n) is 3.89. The summed E-state index contributed by atoms with van der Waals surface area (Å²) in [6.07, 6.45) is 0.844. The van der Waals surface area contributed by atoms with E-state index in [1.165, 1.54) is 0 Å². The molecule has 1 aliphatic rings. The summed E-state index contributed by atoms with van der Waals surface area (Å²) < 4.78 is 5.00. The number of piperidine rings is 1. The fourth-order valence-corrected chi connectivity index (χ4v) is 2.88. The van der Waals surface area contributed by atoms with E-state index in [0.717, 1.165) is 18.4 Å². The molecule has 0 bridgehead atoms. The normalized spacial score (nSPS) is 17.3. The zero-order valence-electron chi connectivity index (χ0n) is 12.8. The molecule has 1 aromatic rings. The second-order valence-corrected chi connectivity index (χ2v) is 5.81. The van der Waals surface area contributed by atoms with Gasteiger partial charge in [0, 0.05) is 36.3 Å². The van der Waals surface area contributed by atoms with Crippen LogP contribution in [0.2, 0.25) is 5.02 Å². The zero-order valence-corrected chi connectivity index (χ0v) is 13.6. The van der Waals surface area contributed by atoms with Crippen LogP contribution in [0, 0.1) is 0 Å². The Hall–Kier alpha value is -1.30. The molecule has 22 heavy (non-hydrogen) atoms. The summed E-state index contributed by atoms with van der Waals surface area (Å²) in [4.78, 5) is 13.4. The summed E-state index contributed by atoms with van der Waals surface area (Å²) in [6, 6.07) is 7.61. The second kappa shape index (κ2) is 8.36.